The molecule has 168 valence electrons. The summed E-state index contributed by atoms with van der Waals surface area (Å²) in [6, 6.07) is 4.16. The fourth-order valence-electron chi connectivity index (χ4n) is 5.43. The summed E-state index contributed by atoms with van der Waals surface area (Å²) in [7, 11) is 0. The zero-order chi connectivity index (χ0) is 21.5. The van der Waals surface area contributed by atoms with E-state index in [4.69, 9.17) is 9.72 Å². The second-order valence-corrected chi connectivity index (χ2v) is 9.52. The van der Waals surface area contributed by atoms with Crippen LogP contribution in [0.1, 0.15) is 75.7 Å². The van der Waals surface area contributed by atoms with Crippen molar-refractivity contribution >= 4 is 11.6 Å². The Morgan fingerprint density at radius 1 is 1.13 bits per heavy atom. The number of likely N-dealkylation sites (tertiary alicyclic amines) is 2. The third kappa shape index (κ3) is 3.91. The molecule has 5 rings (SSSR count). The van der Waals surface area contributed by atoms with Gasteiger partial charge < -0.3 is 14.5 Å². The van der Waals surface area contributed by atoms with Gasteiger partial charge in [0.05, 0.1) is 17.4 Å². The van der Waals surface area contributed by atoms with Gasteiger partial charge in [-0.05, 0) is 65.5 Å². The first kappa shape index (κ1) is 20.7. The highest BCUT2D eigenvalue weighted by Gasteiger charge is 2.36. The molecule has 3 saturated heterocycles. The number of fused-ring (bicyclic) bond motifs is 1. The summed E-state index contributed by atoms with van der Waals surface area (Å²) in [5, 5.41) is 3.23. The van der Waals surface area contributed by atoms with Crippen LogP contribution in [0.4, 0.5) is 0 Å². The lowest BCUT2D eigenvalue weighted by molar-refractivity contribution is -0.142. The first-order chi connectivity index (χ1) is 15.0. The SMILES string of the molecule is CC(C)N1CCC(c2cc(=O)n3[nH]c([C@@H]4CCCN4C(=O)[C@@H]4CCCO4)cc3n2)CC1. The molecule has 1 N–H and O–H groups in total. The highest BCUT2D eigenvalue weighted by atomic mass is 16.5. The Bertz CT molecular complexity index is 998. The lowest BCUT2D eigenvalue weighted by Gasteiger charge is -2.34. The van der Waals surface area contributed by atoms with Crippen molar-refractivity contribution in [3.05, 3.63) is 33.9 Å². The minimum absolute atomic E-state index is 0.0458. The van der Waals surface area contributed by atoms with E-state index in [2.05, 4.69) is 23.8 Å². The number of carbonyl (C=O) groups is 1. The second-order valence-electron chi connectivity index (χ2n) is 9.52. The van der Waals surface area contributed by atoms with Crippen molar-refractivity contribution in [3.63, 3.8) is 0 Å². The molecule has 0 bridgehead atoms. The number of nitrogens with one attached hydrogen (secondary N) is 1. The monoisotopic (exact) mass is 427 g/mol. The molecule has 0 unspecified atom stereocenters. The van der Waals surface area contributed by atoms with Crippen LogP contribution in [0.2, 0.25) is 0 Å². The van der Waals surface area contributed by atoms with Crippen molar-refractivity contribution < 1.29 is 9.53 Å². The first-order valence-electron chi connectivity index (χ1n) is 11.8. The summed E-state index contributed by atoms with van der Waals surface area (Å²) < 4.78 is 7.15. The fourth-order valence-corrected chi connectivity index (χ4v) is 5.43. The van der Waals surface area contributed by atoms with Crippen LogP contribution in [-0.4, -0.2) is 68.7 Å². The number of aromatic nitrogens is 3. The van der Waals surface area contributed by atoms with Gasteiger partial charge in [0.25, 0.3) is 11.5 Å². The van der Waals surface area contributed by atoms with Gasteiger partial charge in [0.1, 0.15) is 6.10 Å². The van der Waals surface area contributed by atoms with Gasteiger partial charge in [0.15, 0.2) is 5.65 Å². The molecule has 3 aliphatic heterocycles. The van der Waals surface area contributed by atoms with Crippen LogP contribution >= 0.6 is 0 Å². The minimum Gasteiger partial charge on any atom is -0.368 e. The van der Waals surface area contributed by atoms with Crippen LogP contribution in [-0.2, 0) is 9.53 Å². The van der Waals surface area contributed by atoms with Crippen LogP contribution in [0.5, 0.6) is 0 Å². The lowest BCUT2D eigenvalue weighted by atomic mass is 9.92. The minimum atomic E-state index is -0.311. The van der Waals surface area contributed by atoms with Gasteiger partial charge in [0.2, 0.25) is 0 Å². The predicted octanol–water partition coefficient (Wildman–Crippen LogP) is 2.45. The molecule has 8 heteroatoms. The van der Waals surface area contributed by atoms with E-state index in [1.807, 2.05) is 11.0 Å². The normalized spacial score (nSPS) is 25.8. The van der Waals surface area contributed by atoms with E-state index < -0.39 is 0 Å². The van der Waals surface area contributed by atoms with E-state index in [-0.39, 0.29) is 23.6 Å². The molecule has 8 nitrogen and oxygen atoms in total. The maximum Gasteiger partial charge on any atom is 0.272 e. The summed E-state index contributed by atoms with van der Waals surface area (Å²) in [4.78, 5) is 35.1. The molecule has 3 fully saturated rings. The number of ether oxygens (including phenoxy) is 1. The van der Waals surface area contributed by atoms with E-state index in [1.165, 1.54) is 4.52 Å². The van der Waals surface area contributed by atoms with Gasteiger partial charge in [-0.25, -0.2) is 9.50 Å². The summed E-state index contributed by atoms with van der Waals surface area (Å²) in [5.74, 6) is 0.409. The molecule has 0 spiro atoms. The number of aromatic amines is 1. The number of nitrogens with zero attached hydrogens (tertiary/aromatic N) is 4. The van der Waals surface area contributed by atoms with Crippen LogP contribution < -0.4 is 5.56 Å². The van der Waals surface area contributed by atoms with Crippen molar-refractivity contribution in [1.82, 2.24) is 24.4 Å². The highest BCUT2D eigenvalue weighted by Crippen LogP contribution is 2.34. The van der Waals surface area contributed by atoms with E-state index in [1.54, 1.807) is 6.07 Å². The van der Waals surface area contributed by atoms with E-state index >= 15 is 0 Å². The van der Waals surface area contributed by atoms with Crippen molar-refractivity contribution in [2.24, 2.45) is 0 Å². The van der Waals surface area contributed by atoms with Crippen molar-refractivity contribution in [2.75, 3.05) is 26.2 Å². The smallest absolute Gasteiger partial charge is 0.272 e. The highest BCUT2D eigenvalue weighted by molar-refractivity contribution is 5.82. The van der Waals surface area contributed by atoms with Gasteiger partial charge in [-0.15, -0.1) is 0 Å². The molecule has 3 aliphatic rings. The Hall–Kier alpha value is -2.19. The molecular weight excluding hydrogens is 394 g/mol. The quantitative estimate of drug-likeness (QED) is 0.810. The summed E-state index contributed by atoms with van der Waals surface area (Å²) in [5.41, 5.74) is 2.37. The molecule has 0 aliphatic carbocycles. The van der Waals surface area contributed by atoms with E-state index in [9.17, 15) is 9.59 Å². The Morgan fingerprint density at radius 2 is 1.94 bits per heavy atom. The molecule has 0 saturated carbocycles. The maximum absolute atomic E-state index is 12.9. The van der Waals surface area contributed by atoms with Crippen LogP contribution in [0, 0.1) is 0 Å². The molecule has 2 atom stereocenters. The third-order valence-electron chi connectivity index (χ3n) is 7.27. The Labute approximate surface area is 182 Å². The van der Waals surface area contributed by atoms with Crippen molar-refractivity contribution in [2.45, 2.75) is 76.5 Å². The molecule has 2 aromatic heterocycles. The first-order valence-corrected chi connectivity index (χ1v) is 11.8. The number of hydrogen-bond donors (Lipinski definition) is 1. The molecule has 5 heterocycles. The number of amides is 1. The Balaban J connectivity index is 1.38. The summed E-state index contributed by atoms with van der Waals surface area (Å²) in [6.45, 7) is 7.96. The lowest BCUT2D eigenvalue weighted by Crippen LogP contribution is -2.38. The van der Waals surface area contributed by atoms with E-state index in [0.717, 1.165) is 69.5 Å². The maximum atomic E-state index is 12.9. The van der Waals surface area contributed by atoms with Gasteiger partial charge in [-0.2, -0.15) is 0 Å². The fraction of sp³-hybridized carbons (Fsp3) is 0.696. The number of piperidine rings is 1. The molecular formula is C23H33N5O3. The van der Waals surface area contributed by atoms with Crippen molar-refractivity contribution in [1.29, 1.82) is 0 Å². The van der Waals surface area contributed by atoms with Gasteiger partial charge in [-0.1, -0.05) is 0 Å². The second kappa shape index (κ2) is 8.39. The Kier molecular flexibility index (Phi) is 5.60. The van der Waals surface area contributed by atoms with Crippen LogP contribution in [0.15, 0.2) is 16.9 Å². The molecule has 31 heavy (non-hydrogen) atoms. The zero-order valence-electron chi connectivity index (χ0n) is 18.5. The number of carbonyl (C=O) groups excluding carboxylic acids is 1. The van der Waals surface area contributed by atoms with Crippen LogP contribution in [0.25, 0.3) is 5.65 Å². The standard InChI is InChI=1S/C23H33N5O3/c1-15(2)26-10-7-16(8-11-26)17-14-22(29)28-21(24-17)13-18(25-28)19-5-3-9-27(19)23(30)20-6-4-12-31-20/h13-16,19-20,25H,3-12H2,1-2H3/t19-,20-/m0/s1. The molecule has 0 radical (unpaired) electrons. The molecule has 1 amide bonds. The van der Waals surface area contributed by atoms with Gasteiger partial charge >= 0.3 is 0 Å². The zero-order valence-corrected chi connectivity index (χ0v) is 18.5. The predicted molar refractivity (Wildman–Crippen MR) is 117 cm³/mol. The van der Waals surface area contributed by atoms with Gasteiger partial charge in [0, 0.05) is 37.2 Å². The number of hydrogen-bond acceptors (Lipinski definition) is 5. The number of H-pyrrole nitrogens is 1. The summed E-state index contributed by atoms with van der Waals surface area (Å²) in [6.07, 6.45) is 5.35. The van der Waals surface area contributed by atoms with E-state index in [0.29, 0.717) is 24.2 Å². The topological polar surface area (TPSA) is 82.9 Å². The molecule has 0 aromatic carbocycles. The largest absolute Gasteiger partial charge is 0.368 e. The third-order valence-corrected chi connectivity index (χ3v) is 7.27. The Morgan fingerprint density at radius 3 is 2.65 bits per heavy atom. The van der Waals surface area contributed by atoms with Crippen molar-refractivity contribution in [3.8, 4) is 0 Å². The van der Waals surface area contributed by atoms with Crippen LogP contribution in [0.3, 0.4) is 0 Å². The summed E-state index contributed by atoms with van der Waals surface area (Å²) >= 11 is 0. The average Bonchev–Trinajstić information content (AvgIpc) is 3.53. The average molecular weight is 428 g/mol. The number of rotatable bonds is 4. The molecule has 2 aromatic rings. The van der Waals surface area contributed by atoms with Gasteiger partial charge in [-0.3, -0.25) is 14.7 Å².